The van der Waals surface area contributed by atoms with Gasteiger partial charge in [-0.3, -0.25) is 14.5 Å². The van der Waals surface area contributed by atoms with E-state index >= 15 is 0 Å². The second-order valence-corrected chi connectivity index (χ2v) is 8.47. The number of aromatic nitrogens is 1. The van der Waals surface area contributed by atoms with Crippen molar-refractivity contribution in [3.8, 4) is 11.5 Å². The average molecular weight is 422 g/mol. The van der Waals surface area contributed by atoms with Crippen molar-refractivity contribution in [3.05, 3.63) is 54.4 Å². The van der Waals surface area contributed by atoms with Gasteiger partial charge in [0, 0.05) is 5.56 Å². The highest BCUT2D eigenvalue weighted by Crippen LogP contribution is 2.37. The lowest BCUT2D eigenvalue weighted by atomic mass is 9.85. The van der Waals surface area contributed by atoms with Crippen LogP contribution in [0.25, 0.3) is 11.5 Å². The minimum absolute atomic E-state index is 0.0889. The van der Waals surface area contributed by atoms with E-state index in [1.54, 1.807) is 0 Å². The van der Waals surface area contributed by atoms with Crippen molar-refractivity contribution in [1.82, 2.24) is 9.88 Å². The van der Waals surface area contributed by atoms with Crippen LogP contribution in [0.3, 0.4) is 0 Å². The smallest absolute Gasteiger partial charge is 0.329 e. The molecular formula is C24H26N2O5. The largest absolute Gasteiger partial charge is 0.457 e. The molecule has 1 saturated heterocycles. The van der Waals surface area contributed by atoms with Gasteiger partial charge in [-0.25, -0.2) is 9.78 Å². The normalized spacial score (nSPS) is 21.5. The molecule has 0 bridgehead atoms. The number of hydrogen-bond acceptors (Lipinski definition) is 6. The number of esters is 1. The van der Waals surface area contributed by atoms with Crippen LogP contribution >= 0.6 is 0 Å². The Morgan fingerprint density at radius 3 is 2.39 bits per heavy atom. The van der Waals surface area contributed by atoms with Crippen LogP contribution in [0.2, 0.25) is 0 Å². The van der Waals surface area contributed by atoms with Crippen LogP contribution in [0.1, 0.15) is 38.8 Å². The van der Waals surface area contributed by atoms with E-state index in [4.69, 9.17) is 9.15 Å². The van der Waals surface area contributed by atoms with Crippen LogP contribution in [-0.4, -0.2) is 33.7 Å². The number of amides is 2. The third kappa shape index (κ3) is 4.31. The standard InChI is InChI=1S/C24H26N2O5/c1-15(2)12-20(26-22(27)18-10-6-7-11-19(18)23(26)28)24(29)31-14-17-13-30-21(25-17)16-8-4-3-5-9-16/h3-9,13,15,18-20H,10-12,14H2,1-2H3/t18-,19+,20-/m0/s1. The summed E-state index contributed by atoms with van der Waals surface area (Å²) in [7, 11) is 0. The highest BCUT2D eigenvalue weighted by molar-refractivity contribution is 6.08. The molecule has 1 aromatic heterocycles. The van der Waals surface area contributed by atoms with Gasteiger partial charge in [0.25, 0.3) is 0 Å². The molecule has 0 N–H and O–H groups in total. The Morgan fingerprint density at radius 2 is 1.77 bits per heavy atom. The molecular weight excluding hydrogens is 396 g/mol. The zero-order chi connectivity index (χ0) is 22.0. The highest BCUT2D eigenvalue weighted by Gasteiger charge is 2.51. The third-order valence-electron chi connectivity index (χ3n) is 5.75. The van der Waals surface area contributed by atoms with Crippen molar-refractivity contribution in [1.29, 1.82) is 0 Å². The first-order valence-corrected chi connectivity index (χ1v) is 10.6. The molecule has 0 unspecified atom stereocenters. The number of nitrogens with zero attached hydrogens (tertiary/aromatic N) is 2. The molecule has 4 rings (SSSR count). The lowest BCUT2D eigenvalue weighted by Crippen LogP contribution is -2.47. The maximum absolute atomic E-state index is 13.0. The van der Waals surface area contributed by atoms with E-state index in [1.165, 1.54) is 6.26 Å². The van der Waals surface area contributed by atoms with E-state index in [1.807, 2.05) is 56.3 Å². The minimum Gasteiger partial charge on any atom is -0.457 e. The molecule has 31 heavy (non-hydrogen) atoms. The summed E-state index contributed by atoms with van der Waals surface area (Å²) < 4.78 is 11.0. The van der Waals surface area contributed by atoms with Crippen molar-refractivity contribution in [2.75, 3.05) is 0 Å². The van der Waals surface area contributed by atoms with E-state index in [9.17, 15) is 14.4 Å². The van der Waals surface area contributed by atoms with Gasteiger partial charge in [0.15, 0.2) is 0 Å². The first kappa shape index (κ1) is 21.0. The SMILES string of the molecule is CC(C)C[C@@H](C(=O)OCc1coc(-c2ccccc2)n1)N1C(=O)[C@H]2CC=CC[C@H]2C1=O. The molecule has 7 nitrogen and oxygen atoms in total. The predicted octanol–water partition coefficient (Wildman–Crippen LogP) is 3.75. The number of hydrogen-bond donors (Lipinski definition) is 0. The Labute approximate surface area is 181 Å². The van der Waals surface area contributed by atoms with Crippen LogP contribution in [0.15, 0.2) is 53.2 Å². The van der Waals surface area contributed by atoms with Gasteiger partial charge in [0.05, 0.1) is 11.8 Å². The van der Waals surface area contributed by atoms with Crippen molar-refractivity contribution in [3.63, 3.8) is 0 Å². The molecule has 0 radical (unpaired) electrons. The van der Waals surface area contributed by atoms with Crippen LogP contribution in [0.5, 0.6) is 0 Å². The fourth-order valence-electron chi connectivity index (χ4n) is 4.21. The van der Waals surface area contributed by atoms with Crippen molar-refractivity contribution >= 4 is 17.8 Å². The quantitative estimate of drug-likeness (QED) is 0.384. The molecule has 2 heterocycles. The first-order valence-electron chi connectivity index (χ1n) is 10.6. The lowest BCUT2D eigenvalue weighted by Gasteiger charge is -2.26. The van der Waals surface area contributed by atoms with Crippen molar-refractivity contribution < 1.29 is 23.5 Å². The predicted molar refractivity (Wildman–Crippen MR) is 112 cm³/mol. The molecule has 2 aromatic rings. The molecule has 162 valence electrons. The van der Waals surface area contributed by atoms with Crippen LogP contribution in [0.4, 0.5) is 0 Å². The zero-order valence-electron chi connectivity index (χ0n) is 17.7. The maximum Gasteiger partial charge on any atom is 0.329 e. The number of imide groups is 1. The number of allylic oxidation sites excluding steroid dienone is 2. The number of rotatable bonds is 7. The van der Waals surface area contributed by atoms with Crippen LogP contribution in [0, 0.1) is 17.8 Å². The number of carbonyl (C=O) groups is 3. The van der Waals surface area contributed by atoms with Gasteiger partial charge in [-0.15, -0.1) is 0 Å². The topological polar surface area (TPSA) is 89.7 Å². The maximum atomic E-state index is 13.0. The molecule has 2 amide bonds. The molecule has 0 saturated carbocycles. The Hall–Kier alpha value is -3.22. The Bertz CT molecular complexity index is 968. The third-order valence-corrected chi connectivity index (χ3v) is 5.75. The molecule has 0 spiro atoms. The van der Waals surface area contributed by atoms with Crippen LogP contribution in [-0.2, 0) is 25.7 Å². The van der Waals surface area contributed by atoms with Gasteiger partial charge in [0.1, 0.15) is 24.6 Å². The monoisotopic (exact) mass is 422 g/mol. The van der Waals surface area contributed by atoms with Crippen molar-refractivity contribution in [2.45, 2.75) is 45.8 Å². The van der Waals surface area contributed by atoms with E-state index in [0.717, 1.165) is 10.5 Å². The molecule has 1 aliphatic carbocycles. The molecule has 7 heteroatoms. The summed E-state index contributed by atoms with van der Waals surface area (Å²) in [5.41, 5.74) is 1.29. The Morgan fingerprint density at radius 1 is 1.13 bits per heavy atom. The number of likely N-dealkylation sites (tertiary alicyclic amines) is 1. The van der Waals surface area contributed by atoms with Gasteiger partial charge in [-0.05, 0) is 37.3 Å². The molecule has 1 aromatic carbocycles. The number of oxazole rings is 1. The van der Waals surface area contributed by atoms with E-state index in [-0.39, 0.29) is 36.2 Å². The number of benzene rings is 1. The highest BCUT2D eigenvalue weighted by atomic mass is 16.5. The molecule has 1 fully saturated rings. The summed E-state index contributed by atoms with van der Waals surface area (Å²) in [5, 5.41) is 0. The van der Waals surface area contributed by atoms with E-state index in [0.29, 0.717) is 30.8 Å². The molecule has 1 aliphatic heterocycles. The van der Waals surface area contributed by atoms with Crippen LogP contribution < -0.4 is 0 Å². The van der Waals surface area contributed by atoms with Gasteiger partial charge >= 0.3 is 5.97 Å². The summed E-state index contributed by atoms with van der Waals surface area (Å²) in [6.07, 6.45) is 6.74. The number of carbonyl (C=O) groups excluding carboxylic acids is 3. The summed E-state index contributed by atoms with van der Waals surface area (Å²) in [6, 6.07) is 8.49. The second kappa shape index (κ2) is 8.88. The van der Waals surface area contributed by atoms with E-state index < -0.39 is 12.0 Å². The Kier molecular flexibility index (Phi) is 6.02. The number of ether oxygens (including phenoxy) is 1. The van der Waals surface area contributed by atoms with E-state index in [2.05, 4.69) is 4.98 Å². The fraction of sp³-hybridized carbons (Fsp3) is 0.417. The summed E-state index contributed by atoms with van der Waals surface area (Å²) in [4.78, 5) is 44.4. The minimum atomic E-state index is -0.925. The average Bonchev–Trinajstić information content (AvgIpc) is 3.35. The fourth-order valence-corrected chi connectivity index (χ4v) is 4.21. The lowest BCUT2D eigenvalue weighted by molar-refractivity contribution is -0.160. The second-order valence-electron chi connectivity index (χ2n) is 8.47. The van der Waals surface area contributed by atoms with Gasteiger partial charge < -0.3 is 9.15 Å². The summed E-state index contributed by atoms with van der Waals surface area (Å²) in [6.45, 7) is 3.81. The number of fused-ring (bicyclic) bond motifs is 1. The Balaban J connectivity index is 1.46. The summed E-state index contributed by atoms with van der Waals surface area (Å²) >= 11 is 0. The van der Waals surface area contributed by atoms with Crippen molar-refractivity contribution in [2.24, 2.45) is 17.8 Å². The van der Waals surface area contributed by atoms with Gasteiger partial charge in [0.2, 0.25) is 17.7 Å². The summed E-state index contributed by atoms with van der Waals surface area (Å²) in [5.74, 6) is -1.33. The van der Waals surface area contributed by atoms with Gasteiger partial charge in [-0.2, -0.15) is 0 Å². The first-order chi connectivity index (χ1) is 15.0. The molecule has 2 aliphatic rings. The zero-order valence-corrected chi connectivity index (χ0v) is 17.7. The molecule has 3 atom stereocenters. The van der Waals surface area contributed by atoms with Gasteiger partial charge in [-0.1, -0.05) is 44.2 Å².